The Bertz CT molecular complexity index is 566. The van der Waals surface area contributed by atoms with E-state index in [1.54, 1.807) is 25.1 Å². The molecule has 0 aliphatic heterocycles. The molecule has 23 heavy (non-hydrogen) atoms. The lowest BCUT2D eigenvalue weighted by atomic mass is 9.97. The van der Waals surface area contributed by atoms with E-state index >= 15 is 0 Å². The van der Waals surface area contributed by atoms with Gasteiger partial charge in [-0.15, -0.1) is 0 Å². The van der Waals surface area contributed by atoms with Crippen LogP contribution in [0.25, 0.3) is 0 Å². The van der Waals surface area contributed by atoms with Gasteiger partial charge in [0.2, 0.25) is 0 Å². The second-order valence-corrected chi connectivity index (χ2v) is 5.48. The minimum Gasteiger partial charge on any atom is -0.492 e. The molecule has 0 bridgehead atoms. The average Bonchev–Trinajstić information content (AvgIpc) is 2.54. The standard InChI is InChI=1S/C18H26N2O3/c1-5-8-11-18(4,23-7-3)17(21)20-15-9-10-16(22-6-2)14(12-15)13-19/h9-10,12H,5-8,11H2,1-4H3,(H,20,21). The van der Waals surface area contributed by atoms with Crippen LogP contribution in [0.1, 0.15) is 52.5 Å². The normalized spacial score (nSPS) is 13.0. The Balaban J connectivity index is 2.92. The predicted octanol–water partition coefficient (Wildman–Crippen LogP) is 3.88. The lowest BCUT2D eigenvalue weighted by molar-refractivity contribution is -0.139. The molecule has 0 saturated heterocycles. The monoisotopic (exact) mass is 318 g/mol. The molecule has 0 aliphatic carbocycles. The average molecular weight is 318 g/mol. The number of nitrogens with one attached hydrogen (secondary N) is 1. The molecule has 1 unspecified atom stereocenters. The Labute approximate surface area is 138 Å². The summed E-state index contributed by atoms with van der Waals surface area (Å²) >= 11 is 0. The zero-order valence-corrected chi connectivity index (χ0v) is 14.4. The summed E-state index contributed by atoms with van der Waals surface area (Å²) in [6.07, 6.45) is 2.57. The number of unbranched alkanes of at least 4 members (excludes halogenated alkanes) is 1. The summed E-state index contributed by atoms with van der Waals surface area (Å²) in [5.74, 6) is 0.326. The van der Waals surface area contributed by atoms with Crippen molar-refractivity contribution in [3.8, 4) is 11.8 Å². The van der Waals surface area contributed by atoms with Gasteiger partial charge >= 0.3 is 0 Å². The molecule has 1 aromatic carbocycles. The minimum absolute atomic E-state index is 0.194. The van der Waals surface area contributed by atoms with Gasteiger partial charge in [0.25, 0.3) is 5.91 Å². The number of hydrogen-bond donors (Lipinski definition) is 1. The van der Waals surface area contributed by atoms with Crippen molar-refractivity contribution in [2.75, 3.05) is 18.5 Å². The van der Waals surface area contributed by atoms with Crippen LogP contribution < -0.4 is 10.1 Å². The maximum absolute atomic E-state index is 12.6. The van der Waals surface area contributed by atoms with Gasteiger partial charge in [-0.2, -0.15) is 5.26 Å². The van der Waals surface area contributed by atoms with Crippen LogP contribution in [-0.4, -0.2) is 24.7 Å². The molecule has 1 amide bonds. The highest BCUT2D eigenvalue weighted by molar-refractivity contribution is 5.97. The fourth-order valence-corrected chi connectivity index (χ4v) is 2.32. The first-order valence-electron chi connectivity index (χ1n) is 8.13. The van der Waals surface area contributed by atoms with Crippen LogP contribution in [-0.2, 0) is 9.53 Å². The smallest absolute Gasteiger partial charge is 0.256 e. The van der Waals surface area contributed by atoms with Gasteiger partial charge in [0.15, 0.2) is 0 Å². The molecule has 0 spiro atoms. The molecular weight excluding hydrogens is 292 g/mol. The van der Waals surface area contributed by atoms with Crippen molar-refractivity contribution >= 4 is 11.6 Å². The van der Waals surface area contributed by atoms with Crippen LogP contribution in [0.5, 0.6) is 5.75 Å². The Morgan fingerprint density at radius 2 is 2.04 bits per heavy atom. The van der Waals surface area contributed by atoms with E-state index in [9.17, 15) is 10.1 Å². The zero-order valence-electron chi connectivity index (χ0n) is 14.4. The molecule has 0 fully saturated rings. The molecule has 0 aliphatic rings. The third-order valence-electron chi connectivity index (χ3n) is 3.61. The summed E-state index contributed by atoms with van der Waals surface area (Å²) in [4.78, 5) is 12.6. The molecule has 5 heteroatoms. The van der Waals surface area contributed by atoms with E-state index in [0.29, 0.717) is 36.6 Å². The van der Waals surface area contributed by atoms with Gasteiger partial charge in [-0.3, -0.25) is 4.79 Å². The topological polar surface area (TPSA) is 71.3 Å². The van der Waals surface area contributed by atoms with Crippen LogP contribution in [0, 0.1) is 11.3 Å². The molecule has 1 N–H and O–H groups in total. The molecule has 0 aromatic heterocycles. The summed E-state index contributed by atoms with van der Waals surface area (Å²) in [6, 6.07) is 7.13. The van der Waals surface area contributed by atoms with Crippen molar-refractivity contribution in [2.45, 2.75) is 52.6 Å². The maximum Gasteiger partial charge on any atom is 0.256 e. The SMILES string of the molecule is CCCCC(C)(OCC)C(=O)Nc1ccc(OCC)c(C#N)c1. The van der Waals surface area contributed by atoms with Gasteiger partial charge < -0.3 is 14.8 Å². The molecule has 0 heterocycles. The Morgan fingerprint density at radius 1 is 1.30 bits per heavy atom. The van der Waals surface area contributed by atoms with Crippen molar-refractivity contribution in [1.29, 1.82) is 5.26 Å². The fourth-order valence-electron chi connectivity index (χ4n) is 2.32. The quantitative estimate of drug-likeness (QED) is 0.750. The molecule has 1 rings (SSSR count). The van der Waals surface area contributed by atoms with Gasteiger partial charge in [-0.1, -0.05) is 19.8 Å². The fraction of sp³-hybridized carbons (Fsp3) is 0.556. The van der Waals surface area contributed by atoms with Gasteiger partial charge in [0.05, 0.1) is 12.2 Å². The van der Waals surface area contributed by atoms with Gasteiger partial charge in [0, 0.05) is 12.3 Å². The molecular formula is C18H26N2O3. The third-order valence-corrected chi connectivity index (χ3v) is 3.61. The summed E-state index contributed by atoms with van der Waals surface area (Å²) in [7, 11) is 0. The first-order valence-corrected chi connectivity index (χ1v) is 8.13. The van der Waals surface area contributed by atoms with Crippen molar-refractivity contribution in [3.63, 3.8) is 0 Å². The molecule has 126 valence electrons. The van der Waals surface area contributed by atoms with Crippen molar-refractivity contribution < 1.29 is 14.3 Å². The largest absolute Gasteiger partial charge is 0.492 e. The number of benzene rings is 1. The summed E-state index contributed by atoms with van der Waals surface area (Å²) < 4.78 is 11.1. The van der Waals surface area contributed by atoms with Crippen molar-refractivity contribution in [1.82, 2.24) is 0 Å². The second kappa shape index (κ2) is 9.16. The Kier molecular flexibility index (Phi) is 7.56. The van der Waals surface area contributed by atoms with E-state index in [1.165, 1.54) is 0 Å². The molecule has 1 aromatic rings. The Hall–Kier alpha value is -2.06. The molecule has 0 saturated carbocycles. The lowest BCUT2D eigenvalue weighted by Crippen LogP contribution is -2.42. The summed E-state index contributed by atoms with van der Waals surface area (Å²) in [5, 5.41) is 12.0. The molecule has 1 atom stereocenters. The highest BCUT2D eigenvalue weighted by Crippen LogP contribution is 2.25. The summed E-state index contributed by atoms with van der Waals surface area (Å²) in [6.45, 7) is 8.58. The first-order chi connectivity index (χ1) is 11.0. The third kappa shape index (κ3) is 5.26. The van der Waals surface area contributed by atoms with Crippen LogP contribution in [0.2, 0.25) is 0 Å². The number of hydrogen-bond acceptors (Lipinski definition) is 4. The highest BCUT2D eigenvalue weighted by Gasteiger charge is 2.33. The lowest BCUT2D eigenvalue weighted by Gasteiger charge is -2.28. The number of nitriles is 1. The molecule has 0 radical (unpaired) electrons. The van der Waals surface area contributed by atoms with Gasteiger partial charge in [0.1, 0.15) is 17.4 Å². The van der Waals surface area contributed by atoms with E-state index in [4.69, 9.17) is 9.47 Å². The predicted molar refractivity (Wildman–Crippen MR) is 90.5 cm³/mol. The minimum atomic E-state index is -0.865. The first kappa shape index (κ1) is 19.0. The van der Waals surface area contributed by atoms with Crippen LogP contribution in [0.4, 0.5) is 5.69 Å². The van der Waals surface area contributed by atoms with E-state index in [0.717, 1.165) is 12.8 Å². The van der Waals surface area contributed by atoms with Crippen LogP contribution in [0.15, 0.2) is 18.2 Å². The van der Waals surface area contributed by atoms with Crippen molar-refractivity contribution in [2.24, 2.45) is 0 Å². The van der Waals surface area contributed by atoms with E-state index in [-0.39, 0.29) is 5.91 Å². The number of amides is 1. The molecule has 5 nitrogen and oxygen atoms in total. The van der Waals surface area contributed by atoms with E-state index in [1.807, 2.05) is 13.8 Å². The Morgan fingerprint density at radius 3 is 2.61 bits per heavy atom. The van der Waals surface area contributed by atoms with Crippen LogP contribution in [0.3, 0.4) is 0 Å². The number of ether oxygens (including phenoxy) is 2. The second-order valence-electron chi connectivity index (χ2n) is 5.48. The highest BCUT2D eigenvalue weighted by atomic mass is 16.5. The summed E-state index contributed by atoms with van der Waals surface area (Å²) in [5.41, 5.74) is 0.102. The number of anilines is 1. The van der Waals surface area contributed by atoms with E-state index < -0.39 is 5.60 Å². The van der Waals surface area contributed by atoms with Crippen molar-refractivity contribution in [3.05, 3.63) is 23.8 Å². The number of rotatable bonds is 9. The number of carbonyl (C=O) groups is 1. The van der Waals surface area contributed by atoms with Crippen LogP contribution >= 0.6 is 0 Å². The number of carbonyl (C=O) groups excluding carboxylic acids is 1. The van der Waals surface area contributed by atoms with E-state index in [2.05, 4.69) is 18.3 Å². The van der Waals surface area contributed by atoms with Gasteiger partial charge in [-0.25, -0.2) is 0 Å². The maximum atomic E-state index is 12.6. The zero-order chi connectivity index (χ0) is 17.3. The van der Waals surface area contributed by atoms with Gasteiger partial charge in [-0.05, 0) is 45.4 Å². The number of nitrogens with zero attached hydrogens (tertiary/aromatic N) is 1.